The molecule has 0 bridgehead atoms. The monoisotopic (exact) mass is 293 g/mol. The van der Waals surface area contributed by atoms with E-state index in [1.807, 2.05) is 6.07 Å². The van der Waals surface area contributed by atoms with Crippen LogP contribution in [0.25, 0.3) is 0 Å². The second-order valence-corrected chi connectivity index (χ2v) is 5.49. The molecule has 110 valence electrons. The Bertz CT molecular complexity index is 747. The average molecular weight is 293 g/mol. The molecule has 2 aromatic carbocycles. The van der Waals surface area contributed by atoms with Crippen LogP contribution in [0.3, 0.4) is 0 Å². The number of hydrogen-bond acceptors (Lipinski definition) is 3. The lowest BCUT2D eigenvalue weighted by molar-refractivity contribution is -0.126. The van der Waals surface area contributed by atoms with Gasteiger partial charge in [-0.15, -0.1) is 0 Å². The molecule has 1 aliphatic rings. The molecular weight excluding hydrogens is 278 g/mol. The van der Waals surface area contributed by atoms with Gasteiger partial charge in [-0.2, -0.15) is 0 Å². The van der Waals surface area contributed by atoms with Crippen molar-refractivity contribution in [1.82, 2.24) is 4.90 Å². The smallest absolute Gasteiger partial charge is 0.262 e. The molecule has 0 saturated heterocycles. The van der Waals surface area contributed by atoms with Gasteiger partial charge in [0.2, 0.25) is 0 Å². The fraction of sp³-hybridized carbons (Fsp3) is 0.167. The third-order valence-electron chi connectivity index (χ3n) is 4.26. The summed E-state index contributed by atoms with van der Waals surface area (Å²) in [6, 6.07) is 15.6. The number of rotatable bonds is 3. The van der Waals surface area contributed by atoms with Gasteiger partial charge >= 0.3 is 0 Å². The fourth-order valence-electron chi connectivity index (χ4n) is 2.85. The number of hydrogen-bond donors (Lipinski definition) is 0. The number of carbonyl (C=O) groups is 3. The second kappa shape index (κ2) is 4.91. The number of benzene rings is 2. The summed E-state index contributed by atoms with van der Waals surface area (Å²) >= 11 is 0. The second-order valence-electron chi connectivity index (χ2n) is 5.49. The van der Waals surface area contributed by atoms with Crippen molar-refractivity contribution in [3.8, 4) is 0 Å². The molecule has 2 amide bonds. The fourth-order valence-corrected chi connectivity index (χ4v) is 2.85. The molecule has 0 spiro atoms. The maximum Gasteiger partial charge on any atom is 0.262 e. The van der Waals surface area contributed by atoms with Crippen molar-refractivity contribution in [2.24, 2.45) is 0 Å². The number of imide groups is 1. The van der Waals surface area contributed by atoms with Crippen LogP contribution in [0, 0.1) is 0 Å². The largest absolute Gasteiger partial charge is 0.297 e. The Hall–Kier alpha value is -2.75. The SMILES string of the molecule is CC(=O)C(C)(c1ccccc1)N1C(=O)c2ccccc2C1=O. The normalized spacial score (nSPS) is 16.4. The maximum atomic E-state index is 12.7. The Morgan fingerprint density at radius 3 is 1.77 bits per heavy atom. The van der Waals surface area contributed by atoms with Crippen molar-refractivity contribution >= 4 is 17.6 Å². The molecule has 4 nitrogen and oxygen atoms in total. The molecule has 1 heterocycles. The van der Waals surface area contributed by atoms with Crippen molar-refractivity contribution in [3.63, 3.8) is 0 Å². The predicted molar refractivity (Wildman–Crippen MR) is 81.4 cm³/mol. The molecule has 0 fully saturated rings. The van der Waals surface area contributed by atoms with Gasteiger partial charge in [0.15, 0.2) is 5.78 Å². The van der Waals surface area contributed by atoms with E-state index in [0.717, 1.165) is 4.90 Å². The Kier molecular flexibility index (Phi) is 3.17. The zero-order chi connectivity index (χ0) is 15.9. The number of fused-ring (bicyclic) bond motifs is 1. The molecule has 4 heteroatoms. The molecule has 0 aromatic heterocycles. The molecule has 1 atom stereocenters. The van der Waals surface area contributed by atoms with Crippen molar-refractivity contribution in [1.29, 1.82) is 0 Å². The quantitative estimate of drug-likeness (QED) is 0.818. The summed E-state index contributed by atoms with van der Waals surface area (Å²) in [5.41, 5.74) is -0.00197. The minimum absolute atomic E-state index is 0.256. The van der Waals surface area contributed by atoms with E-state index in [4.69, 9.17) is 0 Å². The first kappa shape index (κ1) is 14.2. The van der Waals surface area contributed by atoms with E-state index in [0.29, 0.717) is 16.7 Å². The van der Waals surface area contributed by atoms with Crippen LogP contribution in [0.2, 0.25) is 0 Å². The minimum atomic E-state index is -1.31. The van der Waals surface area contributed by atoms with Gasteiger partial charge in [0.25, 0.3) is 11.8 Å². The minimum Gasteiger partial charge on any atom is -0.297 e. The maximum absolute atomic E-state index is 12.7. The van der Waals surface area contributed by atoms with E-state index in [1.165, 1.54) is 6.92 Å². The highest BCUT2D eigenvalue weighted by Gasteiger charge is 2.49. The van der Waals surface area contributed by atoms with Crippen LogP contribution in [-0.2, 0) is 10.3 Å². The lowest BCUT2D eigenvalue weighted by Gasteiger charge is -2.35. The Morgan fingerprint density at radius 1 is 0.864 bits per heavy atom. The van der Waals surface area contributed by atoms with Gasteiger partial charge < -0.3 is 0 Å². The van der Waals surface area contributed by atoms with Crippen LogP contribution in [0.4, 0.5) is 0 Å². The summed E-state index contributed by atoms with van der Waals surface area (Å²) < 4.78 is 0. The molecule has 1 aliphatic heterocycles. The van der Waals surface area contributed by atoms with E-state index < -0.39 is 17.4 Å². The molecule has 0 saturated carbocycles. The summed E-state index contributed by atoms with van der Waals surface area (Å²) in [7, 11) is 0. The van der Waals surface area contributed by atoms with Crippen LogP contribution in [-0.4, -0.2) is 22.5 Å². The van der Waals surface area contributed by atoms with Gasteiger partial charge in [0, 0.05) is 0 Å². The number of Topliss-reactive ketones (excluding diaryl/α,β-unsaturated/α-hetero) is 1. The number of nitrogens with zero attached hydrogens (tertiary/aromatic N) is 1. The number of carbonyl (C=O) groups excluding carboxylic acids is 3. The van der Waals surface area contributed by atoms with E-state index in [9.17, 15) is 14.4 Å². The Labute approximate surface area is 128 Å². The van der Waals surface area contributed by atoms with Gasteiger partial charge in [-0.1, -0.05) is 42.5 Å². The van der Waals surface area contributed by atoms with Gasteiger partial charge in [-0.25, -0.2) is 0 Å². The van der Waals surface area contributed by atoms with Gasteiger partial charge in [0.05, 0.1) is 11.1 Å². The third kappa shape index (κ3) is 1.80. The van der Waals surface area contributed by atoms with Gasteiger partial charge in [-0.05, 0) is 31.5 Å². The Balaban J connectivity index is 2.19. The first-order valence-electron chi connectivity index (χ1n) is 7.02. The highest BCUT2D eigenvalue weighted by Crippen LogP contribution is 2.36. The van der Waals surface area contributed by atoms with E-state index in [2.05, 4.69) is 0 Å². The van der Waals surface area contributed by atoms with E-state index in [1.54, 1.807) is 55.5 Å². The highest BCUT2D eigenvalue weighted by molar-refractivity contribution is 6.23. The topological polar surface area (TPSA) is 54.5 Å². The van der Waals surface area contributed by atoms with Crippen molar-refractivity contribution in [2.75, 3.05) is 0 Å². The van der Waals surface area contributed by atoms with E-state index in [-0.39, 0.29) is 5.78 Å². The lowest BCUT2D eigenvalue weighted by atomic mass is 9.86. The number of amides is 2. The van der Waals surface area contributed by atoms with Crippen LogP contribution >= 0.6 is 0 Å². The zero-order valence-corrected chi connectivity index (χ0v) is 12.4. The zero-order valence-electron chi connectivity index (χ0n) is 12.4. The molecule has 3 rings (SSSR count). The van der Waals surface area contributed by atoms with Crippen LogP contribution in [0.15, 0.2) is 54.6 Å². The Morgan fingerprint density at radius 2 is 1.32 bits per heavy atom. The third-order valence-corrected chi connectivity index (χ3v) is 4.26. The summed E-state index contributed by atoms with van der Waals surface area (Å²) in [5.74, 6) is -1.11. The van der Waals surface area contributed by atoms with Crippen LogP contribution in [0.5, 0.6) is 0 Å². The van der Waals surface area contributed by atoms with Gasteiger partial charge in [0.1, 0.15) is 5.54 Å². The standard InChI is InChI=1S/C18H15NO3/c1-12(20)18(2,13-8-4-3-5-9-13)19-16(21)14-10-6-7-11-15(14)17(19)22/h3-11H,1-2H3. The summed E-state index contributed by atoms with van der Waals surface area (Å²) in [6.07, 6.45) is 0. The van der Waals surface area contributed by atoms with Crippen LogP contribution < -0.4 is 0 Å². The summed E-state index contributed by atoms with van der Waals surface area (Å²) in [6.45, 7) is 3.02. The molecule has 0 radical (unpaired) electrons. The van der Waals surface area contributed by atoms with Crippen molar-refractivity contribution in [2.45, 2.75) is 19.4 Å². The molecule has 0 N–H and O–H groups in total. The van der Waals surface area contributed by atoms with Crippen LogP contribution in [0.1, 0.15) is 40.1 Å². The first-order chi connectivity index (χ1) is 10.5. The number of ketones is 1. The molecular formula is C18H15NO3. The molecule has 0 aliphatic carbocycles. The van der Waals surface area contributed by atoms with Crippen molar-refractivity contribution in [3.05, 3.63) is 71.3 Å². The molecule has 1 unspecified atom stereocenters. The molecule has 22 heavy (non-hydrogen) atoms. The highest BCUT2D eigenvalue weighted by atomic mass is 16.2. The summed E-state index contributed by atoms with van der Waals surface area (Å²) in [5, 5.41) is 0. The first-order valence-corrected chi connectivity index (χ1v) is 7.02. The predicted octanol–water partition coefficient (Wildman–Crippen LogP) is 2.79. The average Bonchev–Trinajstić information content (AvgIpc) is 2.79. The van der Waals surface area contributed by atoms with E-state index >= 15 is 0 Å². The summed E-state index contributed by atoms with van der Waals surface area (Å²) in [4.78, 5) is 38.8. The lowest BCUT2D eigenvalue weighted by Crippen LogP contribution is -2.51. The van der Waals surface area contributed by atoms with Gasteiger partial charge in [-0.3, -0.25) is 19.3 Å². The molecule has 2 aromatic rings. The van der Waals surface area contributed by atoms with Crippen molar-refractivity contribution < 1.29 is 14.4 Å².